The number of aliphatic hydroxyl groups excluding tert-OH is 1. The van der Waals surface area contributed by atoms with Crippen LogP contribution in [0.3, 0.4) is 0 Å². The van der Waals surface area contributed by atoms with Crippen LogP contribution < -0.4 is 0 Å². The molecule has 0 amide bonds. The molecule has 4 aliphatic rings. The van der Waals surface area contributed by atoms with Crippen molar-refractivity contribution in [1.29, 1.82) is 0 Å². The molecule has 0 spiro atoms. The largest absolute Gasteiger partial charge is 0.393 e. The van der Waals surface area contributed by atoms with Gasteiger partial charge in [-0.3, -0.25) is 4.79 Å². The van der Waals surface area contributed by atoms with Gasteiger partial charge in [-0.05, 0) is 85.9 Å². The van der Waals surface area contributed by atoms with Crippen LogP contribution in [0.5, 0.6) is 0 Å². The summed E-state index contributed by atoms with van der Waals surface area (Å²) >= 11 is 0. The van der Waals surface area contributed by atoms with E-state index in [9.17, 15) is 9.90 Å². The van der Waals surface area contributed by atoms with Crippen molar-refractivity contribution in [2.45, 2.75) is 85.7 Å². The van der Waals surface area contributed by atoms with Crippen molar-refractivity contribution in [3.8, 4) is 0 Å². The van der Waals surface area contributed by atoms with Gasteiger partial charge in [0, 0.05) is 5.92 Å². The normalized spacial score (nSPS) is 51.1. The zero-order chi connectivity index (χ0) is 18.2. The third-order valence-electron chi connectivity index (χ3n) is 9.58. The van der Waals surface area contributed by atoms with E-state index in [1.54, 1.807) is 0 Å². The Kier molecular flexibility index (Phi) is 3.87. The fraction of sp³-hybridized carbons (Fsp3) is 0.870. The number of rotatable bonds is 1. The van der Waals surface area contributed by atoms with E-state index in [-0.39, 0.29) is 28.3 Å². The Morgan fingerprint density at radius 1 is 1.12 bits per heavy atom. The predicted molar refractivity (Wildman–Crippen MR) is 101 cm³/mol. The van der Waals surface area contributed by atoms with Crippen LogP contribution in [0.2, 0.25) is 0 Å². The molecule has 4 rings (SSSR count). The van der Waals surface area contributed by atoms with Crippen LogP contribution in [0, 0.1) is 39.9 Å². The average Bonchev–Trinajstić information content (AvgIpc) is 2.85. The Bertz CT molecular complexity index is 618. The summed E-state index contributed by atoms with van der Waals surface area (Å²) in [5.41, 5.74) is 2.12. The van der Waals surface area contributed by atoms with Gasteiger partial charge in [0.05, 0.1) is 6.10 Å². The number of carbonyl (C=O) groups excluding carboxylic acids is 1. The first kappa shape index (κ1) is 17.8. The van der Waals surface area contributed by atoms with Gasteiger partial charge < -0.3 is 5.11 Å². The van der Waals surface area contributed by atoms with E-state index in [0.717, 1.165) is 31.1 Å². The summed E-state index contributed by atoms with van der Waals surface area (Å²) in [7, 11) is 0. The summed E-state index contributed by atoms with van der Waals surface area (Å²) in [6, 6.07) is 0. The van der Waals surface area contributed by atoms with Crippen LogP contribution in [0.25, 0.3) is 0 Å². The van der Waals surface area contributed by atoms with E-state index in [2.05, 4.69) is 33.8 Å². The van der Waals surface area contributed by atoms with E-state index in [1.165, 1.54) is 31.3 Å². The molecular formula is C23H36O2. The highest BCUT2D eigenvalue weighted by molar-refractivity contribution is 5.79. The summed E-state index contributed by atoms with van der Waals surface area (Å²) in [5.74, 6) is 2.86. The maximum atomic E-state index is 12.3. The van der Waals surface area contributed by atoms with Gasteiger partial charge in [0.25, 0.3) is 0 Å². The van der Waals surface area contributed by atoms with Gasteiger partial charge in [0.1, 0.15) is 5.78 Å². The van der Waals surface area contributed by atoms with E-state index < -0.39 is 0 Å². The molecule has 0 radical (unpaired) electrons. The maximum Gasteiger partial charge on any atom is 0.133 e. The van der Waals surface area contributed by atoms with E-state index in [4.69, 9.17) is 0 Å². The average molecular weight is 345 g/mol. The molecule has 140 valence electrons. The summed E-state index contributed by atoms with van der Waals surface area (Å²) in [5, 5.41) is 10.4. The van der Waals surface area contributed by atoms with Crippen molar-refractivity contribution in [2.75, 3.05) is 0 Å². The number of Topliss-reactive ketones (excluding diaryl/α,β-unsaturated/α-hetero) is 1. The Hall–Kier alpha value is -0.630. The predicted octanol–water partition coefficient (Wildman–Crippen LogP) is 5.15. The van der Waals surface area contributed by atoms with Gasteiger partial charge >= 0.3 is 0 Å². The zero-order valence-corrected chi connectivity index (χ0v) is 16.8. The molecule has 3 fully saturated rings. The van der Waals surface area contributed by atoms with Crippen molar-refractivity contribution in [3.63, 3.8) is 0 Å². The number of carbonyl (C=O) groups is 1. The molecule has 0 heterocycles. The fourth-order valence-corrected chi connectivity index (χ4v) is 8.09. The second-order valence-corrected chi connectivity index (χ2v) is 10.8. The molecule has 1 N–H and O–H groups in total. The van der Waals surface area contributed by atoms with Crippen LogP contribution in [0.1, 0.15) is 79.6 Å². The third kappa shape index (κ3) is 2.22. The molecule has 0 bridgehead atoms. The van der Waals surface area contributed by atoms with Crippen molar-refractivity contribution in [1.82, 2.24) is 0 Å². The second kappa shape index (κ2) is 5.44. The Morgan fingerprint density at radius 3 is 2.52 bits per heavy atom. The van der Waals surface area contributed by atoms with E-state index in [0.29, 0.717) is 11.7 Å². The smallest absolute Gasteiger partial charge is 0.133 e. The van der Waals surface area contributed by atoms with Crippen LogP contribution in [0.4, 0.5) is 0 Å². The minimum atomic E-state index is -0.173. The summed E-state index contributed by atoms with van der Waals surface area (Å²) in [6.07, 6.45) is 10.1. The monoisotopic (exact) mass is 344 g/mol. The molecule has 25 heavy (non-hydrogen) atoms. The van der Waals surface area contributed by atoms with Crippen LogP contribution in [-0.2, 0) is 4.79 Å². The standard InChI is InChI=1S/C23H36O2/c1-14(24)18-8-9-19-17-7-6-15-12-16(25)13-21(2,3)23(15,5)20(17)10-11-22(18,19)4/h6,16-20,25H,7-13H2,1-5H3/t16-,17?,18-,19?,20?,22-,23-/m1/s1. The van der Waals surface area contributed by atoms with Gasteiger partial charge in [-0.25, -0.2) is 0 Å². The third-order valence-corrected chi connectivity index (χ3v) is 9.58. The number of hydrogen-bond donors (Lipinski definition) is 1. The second-order valence-electron chi connectivity index (χ2n) is 10.8. The van der Waals surface area contributed by atoms with Crippen molar-refractivity contribution >= 4 is 5.78 Å². The van der Waals surface area contributed by atoms with Gasteiger partial charge in [0.15, 0.2) is 0 Å². The van der Waals surface area contributed by atoms with Crippen molar-refractivity contribution < 1.29 is 9.90 Å². The highest BCUT2D eigenvalue weighted by Crippen LogP contribution is 2.69. The molecule has 4 aliphatic carbocycles. The molecule has 0 saturated heterocycles. The number of aliphatic hydroxyl groups is 1. The van der Waals surface area contributed by atoms with Gasteiger partial charge in [-0.1, -0.05) is 39.3 Å². The first-order valence-corrected chi connectivity index (χ1v) is 10.5. The van der Waals surface area contributed by atoms with Crippen molar-refractivity contribution in [2.24, 2.45) is 39.9 Å². The summed E-state index contributed by atoms with van der Waals surface area (Å²) in [6.45, 7) is 11.5. The summed E-state index contributed by atoms with van der Waals surface area (Å²) < 4.78 is 0. The molecule has 0 aromatic carbocycles. The van der Waals surface area contributed by atoms with Crippen LogP contribution >= 0.6 is 0 Å². The molecule has 0 aromatic heterocycles. The molecule has 7 atom stereocenters. The number of hydrogen-bond acceptors (Lipinski definition) is 2. The Labute approximate surface area is 153 Å². The van der Waals surface area contributed by atoms with Crippen molar-refractivity contribution in [3.05, 3.63) is 11.6 Å². The lowest BCUT2D eigenvalue weighted by molar-refractivity contribution is -0.131. The quantitative estimate of drug-likeness (QED) is 0.668. The molecule has 0 aromatic rings. The summed E-state index contributed by atoms with van der Waals surface area (Å²) in [4.78, 5) is 12.3. The number of allylic oxidation sites excluding steroid dienone is 1. The minimum Gasteiger partial charge on any atom is -0.393 e. The van der Waals surface area contributed by atoms with Crippen LogP contribution in [0.15, 0.2) is 11.6 Å². The molecule has 3 saturated carbocycles. The Morgan fingerprint density at radius 2 is 1.84 bits per heavy atom. The van der Waals surface area contributed by atoms with Crippen LogP contribution in [-0.4, -0.2) is 17.0 Å². The lowest BCUT2D eigenvalue weighted by Crippen LogP contribution is -2.56. The first-order chi connectivity index (χ1) is 11.6. The molecule has 3 unspecified atom stereocenters. The Balaban J connectivity index is 1.73. The molecule has 0 aliphatic heterocycles. The lowest BCUT2D eigenvalue weighted by atomic mass is 9.42. The highest BCUT2D eigenvalue weighted by Gasteiger charge is 2.62. The molecule has 2 heteroatoms. The molecule has 2 nitrogen and oxygen atoms in total. The number of fused-ring (bicyclic) bond motifs is 5. The van der Waals surface area contributed by atoms with Gasteiger partial charge in [0.2, 0.25) is 0 Å². The number of ketones is 1. The van der Waals surface area contributed by atoms with Gasteiger partial charge in [-0.15, -0.1) is 0 Å². The minimum absolute atomic E-state index is 0.145. The fourth-order valence-electron chi connectivity index (χ4n) is 8.09. The SMILES string of the molecule is CC(=O)[C@H]1CCC2C3CC=C4C[C@@H](O)CC(C)(C)[C@@]4(C)C3CC[C@@]21C. The lowest BCUT2D eigenvalue weighted by Gasteiger charge is -2.63. The topological polar surface area (TPSA) is 37.3 Å². The highest BCUT2D eigenvalue weighted by atomic mass is 16.3. The van der Waals surface area contributed by atoms with E-state index >= 15 is 0 Å². The zero-order valence-electron chi connectivity index (χ0n) is 16.8. The van der Waals surface area contributed by atoms with E-state index in [1.807, 2.05) is 6.92 Å². The molecular weight excluding hydrogens is 308 g/mol. The van der Waals surface area contributed by atoms with Gasteiger partial charge in [-0.2, -0.15) is 0 Å². The first-order valence-electron chi connectivity index (χ1n) is 10.5. The maximum absolute atomic E-state index is 12.3.